The van der Waals surface area contributed by atoms with E-state index in [9.17, 15) is 0 Å². The molecule has 21 heavy (non-hydrogen) atoms. The van der Waals surface area contributed by atoms with Gasteiger partial charge in [-0.2, -0.15) is 5.10 Å². The van der Waals surface area contributed by atoms with Crippen molar-refractivity contribution in [2.45, 2.75) is 38.1 Å². The van der Waals surface area contributed by atoms with Crippen LogP contribution in [0.4, 0.5) is 5.82 Å². The fourth-order valence-electron chi connectivity index (χ4n) is 3.78. The lowest BCUT2D eigenvalue weighted by Crippen LogP contribution is -2.31. The van der Waals surface area contributed by atoms with Gasteiger partial charge in [0.05, 0.1) is 11.6 Å². The van der Waals surface area contributed by atoms with E-state index in [4.69, 9.17) is 0 Å². The Bertz CT molecular complexity index is 603. The van der Waals surface area contributed by atoms with Crippen molar-refractivity contribution in [1.29, 1.82) is 0 Å². The molecule has 1 atom stereocenters. The summed E-state index contributed by atoms with van der Waals surface area (Å²) < 4.78 is 0. The van der Waals surface area contributed by atoms with Gasteiger partial charge in [-0.15, -0.1) is 0 Å². The molecule has 4 rings (SSSR count). The molecule has 2 aromatic rings. The number of aromatic nitrogens is 4. The Morgan fingerprint density at radius 1 is 1.24 bits per heavy atom. The maximum Gasteiger partial charge on any atom is 0.160 e. The molecule has 6 heteroatoms. The Kier molecular flexibility index (Phi) is 3.47. The smallest absolute Gasteiger partial charge is 0.160 e. The van der Waals surface area contributed by atoms with Crippen molar-refractivity contribution in [2.75, 3.05) is 25.0 Å². The lowest BCUT2D eigenvalue weighted by molar-refractivity contribution is 0.238. The van der Waals surface area contributed by atoms with Gasteiger partial charge in [-0.05, 0) is 31.7 Å². The monoisotopic (exact) mass is 286 g/mol. The summed E-state index contributed by atoms with van der Waals surface area (Å²) in [5.41, 5.74) is 0.798. The average molecular weight is 286 g/mol. The van der Waals surface area contributed by atoms with Gasteiger partial charge in [0.1, 0.15) is 12.1 Å². The molecule has 0 aromatic carbocycles. The molecule has 1 aliphatic carbocycles. The van der Waals surface area contributed by atoms with Crippen molar-refractivity contribution in [1.82, 2.24) is 25.1 Å². The van der Waals surface area contributed by atoms with E-state index in [-0.39, 0.29) is 0 Å². The summed E-state index contributed by atoms with van der Waals surface area (Å²) in [5, 5.41) is 11.4. The van der Waals surface area contributed by atoms with Crippen LogP contribution in [0.5, 0.6) is 0 Å². The van der Waals surface area contributed by atoms with Gasteiger partial charge in [-0.3, -0.25) is 5.10 Å². The van der Waals surface area contributed by atoms with Crippen LogP contribution >= 0.6 is 0 Å². The van der Waals surface area contributed by atoms with Crippen molar-refractivity contribution in [3.8, 4) is 0 Å². The van der Waals surface area contributed by atoms with Gasteiger partial charge in [-0.1, -0.05) is 12.8 Å². The number of hydrogen-bond acceptors (Lipinski definition) is 5. The highest BCUT2D eigenvalue weighted by atomic mass is 15.2. The van der Waals surface area contributed by atoms with Crippen molar-refractivity contribution in [3.05, 3.63) is 12.5 Å². The number of rotatable bonds is 4. The molecule has 6 nitrogen and oxygen atoms in total. The summed E-state index contributed by atoms with van der Waals surface area (Å²) in [4.78, 5) is 11.2. The minimum Gasteiger partial charge on any atom is -0.369 e. The third-order valence-corrected chi connectivity index (χ3v) is 4.96. The molecule has 1 saturated heterocycles. The van der Waals surface area contributed by atoms with Crippen LogP contribution in [-0.2, 0) is 0 Å². The van der Waals surface area contributed by atoms with Crippen molar-refractivity contribution < 1.29 is 0 Å². The number of hydrogen-bond donors (Lipinski definition) is 2. The number of fused-ring (bicyclic) bond motifs is 1. The maximum atomic E-state index is 4.34. The number of nitrogens with one attached hydrogen (secondary N) is 2. The zero-order valence-electron chi connectivity index (χ0n) is 12.3. The van der Waals surface area contributed by atoms with Crippen LogP contribution in [0.15, 0.2) is 12.5 Å². The third-order valence-electron chi connectivity index (χ3n) is 4.96. The van der Waals surface area contributed by atoms with Crippen LogP contribution in [0.2, 0.25) is 0 Å². The molecular formula is C15H22N6. The number of aromatic amines is 1. The molecule has 2 aromatic heterocycles. The van der Waals surface area contributed by atoms with E-state index < -0.39 is 0 Å². The number of likely N-dealkylation sites (tertiary alicyclic amines) is 1. The summed E-state index contributed by atoms with van der Waals surface area (Å²) >= 11 is 0. The van der Waals surface area contributed by atoms with Crippen LogP contribution in [-0.4, -0.2) is 50.7 Å². The molecule has 0 spiro atoms. The van der Waals surface area contributed by atoms with E-state index in [1.807, 2.05) is 0 Å². The van der Waals surface area contributed by atoms with Crippen molar-refractivity contribution in [2.24, 2.45) is 5.92 Å². The highest BCUT2D eigenvalue weighted by molar-refractivity contribution is 5.85. The van der Waals surface area contributed by atoms with Crippen molar-refractivity contribution in [3.63, 3.8) is 0 Å². The second-order valence-electron chi connectivity index (χ2n) is 6.32. The molecule has 112 valence electrons. The molecule has 1 saturated carbocycles. The quantitative estimate of drug-likeness (QED) is 0.900. The van der Waals surface area contributed by atoms with Gasteiger partial charge in [0.25, 0.3) is 0 Å². The lowest BCUT2D eigenvalue weighted by Gasteiger charge is -2.23. The number of nitrogens with zero attached hydrogens (tertiary/aromatic N) is 4. The van der Waals surface area contributed by atoms with Crippen LogP contribution in [0.25, 0.3) is 11.0 Å². The SMILES string of the molecule is c1nc(NC[C@H]2CCN(C3CCCC3)C2)c2cn[nH]c2n1. The molecule has 0 amide bonds. The zero-order chi connectivity index (χ0) is 14.1. The highest BCUT2D eigenvalue weighted by Crippen LogP contribution is 2.28. The minimum atomic E-state index is 0.725. The highest BCUT2D eigenvalue weighted by Gasteiger charge is 2.29. The zero-order valence-corrected chi connectivity index (χ0v) is 12.3. The predicted octanol–water partition coefficient (Wildman–Crippen LogP) is 2.03. The molecule has 0 unspecified atom stereocenters. The molecule has 2 fully saturated rings. The Balaban J connectivity index is 1.36. The normalized spacial score (nSPS) is 24.1. The standard InChI is InChI=1S/C15H22N6/c1-2-4-12(3-1)21-6-5-11(9-21)7-16-14-13-8-19-20-15(13)18-10-17-14/h8,10-12H,1-7,9H2,(H2,16,17,18,19,20)/t11-/m1/s1. The number of anilines is 1. The molecule has 1 aliphatic heterocycles. The average Bonchev–Trinajstić information content (AvgIpc) is 3.23. The first-order valence-corrected chi connectivity index (χ1v) is 8.02. The first kappa shape index (κ1) is 13.0. The van der Waals surface area contributed by atoms with E-state index >= 15 is 0 Å². The minimum absolute atomic E-state index is 0.725. The Morgan fingerprint density at radius 3 is 3.05 bits per heavy atom. The van der Waals surface area contributed by atoms with E-state index in [1.54, 1.807) is 12.5 Å². The Hall–Kier alpha value is -1.69. The second-order valence-corrected chi connectivity index (χ2v) is 6.32. The summed E-state index contributed by atoms with van der Waals surface area (Å²) in [6.45, 7) is 3.49. The van der Waals surface area contributed by atoms with Gasteiger partial charge >= 0.3 is 0 Å². The van der Waals surface area contributed by atoms with E-state index in [0.29, 0.717) is 0 Å². The van der Waals surface area contributed by atoms with Crippen molar-refractivity contribution >= 4 is 16.9 Å². The summed E-state index contributed by atoms with van der Waals surface area (Å²) in [7, 11) is 0. The fourth-order valence-corrected chi connectivity index (χ4v) is 3.78. The predicted molar refractivity (Wildman–Crippen MR) is 82.1 cm³/mol. The molecule has 3 heterocycles. The Labute approximate surface area is 124 Å². The van der Waals surface area contributed by atoms with Gasteiger partial charge in [0, 0.05) is 19.1 Å². The van der Waals surface area contributed by atoms with Gasteiger partial charge < -0.3 is 10.2 Å². The molecular weight excluding hydrogens is 264 g/mol. The summed E-state index contributed by atoms with van der Waals surface area (Å²) in [5.74, 6) is 1.62. The molecule has 2 N–H and O–H groups in total. The summed E-state index contributed by atoms with van der Waals surface area (Å²) in [6, 6.07) is 0.856. The lowest BCUT2D eigenvalue weighted by atomic mass is 10.1. The van der Waals surface area contributed by atoms with Crippen LogP contribution in [0.3, 0.4) is 0 Å². The largest absolute Gasteiger partial charge is 0.369 e. The van der Waals surface area contributed by atoms with Crippen LogP contribution in [0.1, 0.15) is 32.1 Å². The van der Waals surface area contributed by atoms with Crippen LogP contribution < -0.4 is 5.32 Å². The van der Waals surface area contributed by atoms with E-state index in [1.165, 1.54) is 45.2 Å². The first-order chi connectivity index (χ1) is 10.4. The van der Waals surface area contributed by atoms with Crippen LogP contribution in [0, 0.1) is 5.92 Å². The van der Waals surface area contributed by atoms with Gasteiger partial charge in [-0.25, -0.2) is 9.97 Å². The number of H-pyrrole nitrogens is 1. The first-order valence-electron chi connectivity index (χ1n) is 8.02. The van der Waals surface area contributed by atoms with Gasteiger partial charge in [0.15, 0.2) is 5.65 Å². The second kappa shape index (κ2) is 5.60. The summed E-state index contributed by atoms with van der Waals surface area (Å²) in [6.07, 6.45) is 10.3. The molecule has 0 bridgehead atoms. The topological polar surface area (TPSA) is 69.7 Å². The fraction of sp³-hybridized carbons (Fsp3) is 0.667. The van der Waals surface area contributed by atoms with Gasteiger partial charge in [0.2, 0.25) is 0 Å². The molecule has 0 radical (unpaired) electrons. The maximum absolute atomic E-state index is 4.34. The third kappa shape index (κ3) is 2.60. The Morgan fingerprint density at radius 2 is 2.14 bits per heavy atom. The molecule has 2 aliphatic rings. The van der Waals surface area contributed by atoms with E-state index in [0.717, 1.165) is 35.4 Å². The van der Waals surface area contributed by atoms with E-state index in [2.05, 4.69) is 30.4 Å².